The van der Waals surface area contributed by atoms with Crippen LogP contribution < -0.4 is 10.5 Å². The zero-order valence-electron chi connectivity index (χ0n) is 16.6. The van der Waals surface area contributed by atoms with Crippen LogP contribution in [0.1, 0.15) is 29.8 Å². The number of nitrogens with zero attached hydrogens (tertiary/aromatic N) is 5. The molecule has 0 saturated carbocycles. The number of hydrogen-bond donors (Lipinski definition) is 1. The molecular formula is C20H23F3N6O. The Balaban J connectivity index is 1.60. The second-order valence-electron chi connectivity index (χ2n) is 7.52. The second kappa shape index (κ2) is 8.10. The first kappa shape index (κ1) is 20.4. The molecule has 160 valence electrons. The zero-order chi connectivity index (χ0) is 21.3. The number of imidazole rings is 1. The van der Waals surface area contributed by atoms with Crippen molar-refractivity contribution >= 4 is 17.0 Å². The lowest BCUT2D eigenvalue weighted by atomic mass is 10.1. The number of hydrogen-bond acceptors (Lipinski definition) is 6. The van der Waals surface area contributed by atoms with Gasteiger partial charge in [0.1, 0.15) is 5.82 Å². The summed E-state index contributed by atoms with van der Waals surface area (Å²) in [5.74, 6) is 0.630. The maximum atomic E-state index is 12.5. The van der Waals surface area contributed by atoms with Crippen LogP contribution in [0.3, 0.4) is 0 Å². The van der Waals surface area contributed by atoms with Crippen LogP contribution in [0.5, 0.6) is 6.01 Å². The Morgan fingerprint density at radius 2 is 1.77 bits per heavy atom. The average molecular weight is 420 g/mol. The Morgan fingerprint density at radius 3 is 2.47 bits per heavy atom. The summed E-state index contributed by atoms with van der Waals surface area (Å²) in [4.78, 5) is 14.8. The van der Waals surface area contributed by atoms with E-state index in [1.807, 2.05) is 16.7 Å². The van der Waals surface area contributed by atoms with Gasteiger partial charge < -0.3 is 15.0 Å². The van der Waals surface area contributed by atoms with Crippen molar-refractivity contribution in [3.63, 3.8) is 0 Å². The standard InChI is InChI=1S/C20H23F3N6O/c1-13-25-16-17(24)26-19(30-12-20(21,22)23)27-18(16)29(13)11-15-6-4-5-14(9-15)10-28-7-2-3-8-28/h4-6,9H,2-3,7-8,10-12H2,1H3,(H2,24,26,27). The predicted octanol–water partition coefficient (Wildman–Crippen LogP) is 3.30. The van der Waals surface area contributed by atoms with Crippen LogP contribution in [0, 0.1) is 6.92 Å². The molecule has 0 spiro atoms. The van der Waals surface area contributed by atoms with Gasteiger partial charge in [-0.05, 0) is 44.0 Å². The lowest BCUT2D eigenvalue weighted by molar-refractivity contribution is -0.154. The first-order chi connectivity index (χ1) is 14.3. The number of halogens is 3. The van der Waals surface area contributed by atoms with Crippen LogP contribution in [0.25, 0.3) is 11.2 Å². The SMILES string of the molecule is Cc1nc2c(N)nc(OCC(F)(F)F)nc2n1Cc1cccc(CN2CCCC2)c1. The van der Waals surface area contributed by atoms with Gasteiger partial charge in [-0.3, -0.25) is 4.90 Å². The summed E-state index contributed by atoms with van der Waals surface area (Å²) >= 11 is 0. The number of rotatable bonds is 6. The van der Waals surface area contributed by atoms with E-state index in [9.17, 15) is 13.2 Å². The molecule has 0 unspecified atom stereocenters. The van der Waals surface area contributed by atoms with Gasteiger partial charge >= 0.3 is 12.2 Å². The Morgan fingerprint density at radius 1 is 1.07 bits per heavy atom. The normalized spacial score (nSPS) is 15.2. The molecule has 10 heteroatoms. The summed E-state index contributed by atoms with van der Waals surface area (Å²) in [6.45, 7) is 3.92. The topological polar surface area (TPSA) is 82.1 Å². The van der Waals surface area contributed by atoms with E-state index in [0.29, 0.717) is 23.5 Å². The van der Waals surface area contributed by atoms with Crippen LogP contribution in [-0.2, 0) is 13.1 Å². The van der Waals surface area contributed by atoms with E-state index in [-0.39, 0.29) is 5.82 Å². The van der Waals surface area contributed by atoms with Gasteiger partial charge in [0, 0.05) is 6.54 Å². The van der Waals surface area contributed by atoms with Crippen molar-refractivity contribution in [2.45, 2.75) is 39.0 Å². The smallest absolute Gasteiger partial charge is 0.422 e. The maximum absolute atomic E-state index is 12.5. The molecule has 0 amide bonds. The zero-order valence-corrected chi connectivity index (χ0v) is 16.6. The molecule has 7 nitrogen and oxygen atoms in total. The minimum Gasteiger partial charge on any atom is -0.454 e. The van der Waals surface area contributed by atoms with E-state index in [0.717, 1.165) is 25.2 Å². The average Bonchev–Trinajstić information content (AvgIpc) is 3.29. The summed E-state index contributed by atoms with van der Waals surface area (Å²) in [6, 6.07) is 7.83. The second-order valence-corrected chi connectivity index (χ2v) is 7.52. The van der Waals surface area contributed by atoms with E-state index in [1.54, 1.807) is 6.92 Å². The third kappa shape index (κ3) is 4.64. The number of fused-ring (bicyclic) bond motifs is 1. The van der Waals surface area contributed by atoms with Gasteiger partial charge in [-0.2, -0.15) is 23.1 Å². The minimum atomic E-state index is -4.49. The van der Waals surface area contributed by atoms with Crippen molar-refractivity contribution in [2.24, 2.45) is 0 Å². The minimum absolute atomic E-state index is 0.0122. The molecule has 2 N–H and O–H groups in total. The van der Waals surface area contributed by atoms with Gasteiger partial charge in [0.25, 0.3) is 0 Å². The Labute approximate surface area is 171 Å². The van der Waals surface area contributed by atoms with Crippen LogP contribution in [-0.4, -0.2) is 50.3 Å². The fraction of sp³-hybridized carbons (Fsp3) is 0.450. The number of aromatic nitrogens is 4. The molecule has 0 aliphatic carbocycles. The summed E-state index contributed by atoms with van der Waals surface area (Å²) in [5, 5.41) is 0. The molecule has 1 fully saturated rings. The van der Waals surface area contributed by atoms with Crippen LogP contribution in [0.2, 0.25) is 0 Å². The van der Waals surface area contributed by atoms with Gasteiger partial charge in [0.05, 0.1) is 6.54 Å². The number of likely N-dealkylation sites (tertiary alicyclic amines) is 1. The number of ether oxygens (including phenoxy) is 1. The highest BCUT2D eigenvalue weighted by molar-refractivity contribution is 5.82. The maximum Gasteiger partial charge on any atom is 0.422 e. The quantitative estimate of drug-likeness (QED) is 0.659. The summed E-state index contributed by atoms with van der Waals surface area (Å²) in [6.07, 6.45) is -2.02. The number of anilines is 1. The molecule has 1 aliphatic rings. The monoisotopic (exact) mass is 420 g/mol. The van der Waals surface area contributed by atoms with Crippen molar-refractivity contribution < 1.29 is 17.9 Å². The van der Waals surface area contributed by atoms with Crippen LogP contribution >= 0.6 is 0 Å². The lowest BCUT2D eigenvalue weighted by Gasteiger charge is -2.15. The fourth-order valence-corrected chi connectivity index (χ4v) is 3.72. The molecule has 3 heterocycles. The highest BCUT2D eigenvalue weighted by atomic mass is 19.4. The van der Waals surface area contributed by atoms with Crippen molar-refractivity contribution in [3.05, 3.63) is 41.2 Å². The predicted molar refractivity (Wildman–Crippen MR) is 106 cm³/mol. The molecule has 1 aliphatic heterocycles. The Hall–Kier alpha value is -2.88. The van der Waals surface area contributed by atoms with Gasteiger partial charge in [-0.25, -0.2) is 4.98 Å². The van der Waals surface area contributed by atoms with Crippen molar-refractivity contribution in [2.75, 3.05) is 25.4 Å². The van der Waals surface area contributed by atoms with Gasteiger partial charge in [0.2, 0.25) is 0 Å². The van der Waals surface area contributed by atoms with Gasteiger partial charge in [-0.15, -0.1) is 0 Å². The van der Waals surface area contributed by atoms with Crippen molar-refractivity contribution in [1.29, 1.82) is 0 Å². The first-order valence-corrected chi connectivity index (χ1v) is 9.78. The van der Waals surface area contributed by atoms with E-state index in [2.05, 4.69) is 32.0 Å². The highest BCUT2D eigenvalue weighted by Gasteiger charge is 2.29. The molecule has 1 saturated heterocycles. The summed E-state index contributed by atoms with van der Waals surface area (Å²) < 4.78 is 43.9. The van der Waals surface area contributed by atoms with Crippen molar-refractivity contribution in [1.82, 2.24) is 24.4 Å². The number of nitrogens with two attached hydrogens (primary N) is 1. The van der Waals surface area contributed by atoms with Gasteiger partial charge in [0.15, 0.2) is 23.6 Å². The lowest BCUT2D eigenvalue weighted by Crippen LogP contribution is -2.20. The van der Waals surface area contributed by atoms with Crippen LogP contribution in [0.4, 0.5) is 19.0 Å². The molecule has 4 rings (SSSR count). The fourth-order valence-electron chi connectivity index (χ4n) is 3.72. The number of aryl methyl sites for hydroxylation is 1. The molecule has 0 radical (unpaired) electrons. The number of benzene rings is 1. The Bertz CT molecular complexity index is 1040. The van der Waals surface area contributed by atoms with Gasteiger partial charge in [-0.1, -0.05) is 24.3 Å². The largest absolute Gasteiger partial charge is 0.454 e. The molecule has 2 aromatic heterocycles. The molecule has 30 heavy (non-hydrogen) atoms. The first-order valence-electron chi connectivity index (χ1n) is 9.78. The van der Waals surface area contributed by atoms with E-state index in [1.165, 1.54) is 18.4 Å². The van der Waals surface area contributed by atoms with E-state index < -0.39 is 18.8 Å². The molecular weight excluding hydrogens is 397 g/mol. The molecule has 3 aromatic rings. The molecule has 0 atom stereocenters. The number of nitrogen functional groups attached to an aromatic ring is 1. The third-order valence-electron chi connectivity index (χ3n) is 5.09. The Kier molecular flexibility index (Phi) is 5.50. The molecule has 0 bridgehead atoms. The number of alkyl halides is 3. The summed E-state index contributed by atoms with van der Waals surface area (Å²) in [5.41, 5.74) is 8.86. The third-order valence-corrected chi connectivity index (χ3v) is 5.09. The highest BCUT2D eigenvalue weighted by Crippen LogP contribution is 2.24. The molecule has 1 aromatic carbocycles. The van der Waals surface area contributed by atoms with E-state index >= 15 is 0 Å². The van der Waals surface area contributed by atoms with Crippen molar-refractivity contribution in [3.8, 4) is 6.01 Å². The summed E-state index contributed by atoms with van der Waals surface area (Å²) in [7, 11) is 0. The van der Waals surface area contributed by atoms with Crippen LogP contribution in [0.15, 0.2) is 24.3 Å². The van der Waals surface area contributed by atoms with E-state index in [4.69, 9.17) is 10.5 Å².